The molecule has 3 aromatic rings. The predicted molar refractivity (Wildman–Crippen MR) is 135 cm³/mol. The van der Waals surface area contributed by atoms with Crippen molar-refractivity contribution >= 4 is 24.4 Å². The largest absolute Gasteiger partial charge is 0.494 e. The van der Waals surface area contributed by atoms with E-state index in [9.17, 15) is 18.4 Å². The number of hydrogen-bond donors (Lipinski definition) is 0. The Morgan fingerprint density at radius 2 is 1.38 bits per heavy atom. The van der Waals surface area contributed by atoms with Crippen molar-refractivity contribution in [2.75, 3.05) is 13.2 Å². The van der Waals surface area contributed by atoms with E-state index in [1.807, 2.05) is 0 Å². The highest BCUT2D eigenvalue weighted by Gasteiger charge is 2.09. The molecule has 0 amide bonds. The molecule has 9 heteroatoms. The van der Waals surface area contributed by atoms with Crippen molar-refractivity contribution in [2.45, 2.75) is 12.8 Å². The summed E-state index contributed by atoms with van der Waals surface area (Å²) in [7, 11) is 0. The quantitative estimate of drug-likeness (QED) is 0.0806. The van der Waals surface area contributed by atoms with E-state index in [0.29, 0.717) is 48.7 Å². The lowest BCUT2D eigenvalue weighted by atomic mass is 10.2. The summed E-state index contributed by atoms with van der Waals surface area (Å²) in [5.74, 6) is -1.41. The monoisotopic (exact) mass is 506 g/mol. The zero-order valence-corrected chi connectivity index (χ0v) is 19.8. The first-order chi connectivity index (χ1) is 17.9. The molecule has 37 heavy (non-hydrogen) atoms. The van der Waals surface area contributed by atoms with Gasteiger partial charge in [0.05, 0.1) is 31.2 Å². The third kappa shape index (κ3) is 9.48. The fourth-order valence-electron chi connectivity index (χ4n) is 2.95. The molecule has 0 aliphatic rings. The van der Waals surface area contributed by atoms with Crippen LogP contribution in [-0.4, -0.2) is 37.6 Å². The van der Waals surface area contributed by atoms with Gasteiger partial charge in [0.2, 0.25) is 0 Å². The van der Waals surface area contributed by atoms with Crippen molar-refractivity contribution in [1.29, 1.82) is 0 Å². The Hall–Kier alpha value is -4.66. The number of halogens is 2. The summed E-state index contributed by atoms with van der Waals surface area (Å²) >= 11 is 0. The Morgan fingerprint density at radius 3 is 2.03 bits per heavy atom. The smallest absolute Gasteiger partial charge is 0.343 e. The van der Waals surface area contributed by atoms with E-state index in [1.54, 1.807) is 48.5 Å². The van der Waals surface area contributed by atoms with Gasteiger partial charge >= 0.3 is 11.9 Å². The number of nitrogens with zero attached hydrogens (tertiary/aromatic N) is 2. The summed E-state index contributed by atoms with van der Waals surface area (Å²) in [5, 5.41) is 7.62. The van der Waals surface area contributed by atoms with Gasteiger partial charge in [-0.2, -0.15) is 10.2 Å². The molecule has 0 N–H and O–H groups in total. The Balaban J connectivity index is 1.43. The van der Waals surface area contributed by atoms with Crippen LogP contribution in [0.2, 0.25) is 0 Å². The van der Waals surface area contributed by atoms with E-state index in [2.05, 4.69) is 16.8 Å². The molecule has 7 nitrogen and oxygen atoms in total. The molecular weight excluding hydrogens is 482 g/mol. The standard InChI is InChI=1S/C28H24F2N2O5/c1-2-27(33)36-14-4-3-13-35-25-11-7-22(8-12-25)28(34)37-26-9-5-20(6-10-26)18-31-32-19-21-15-23(29)17-24(30)16-21/h2,5-12,15-19H,1,3-4,13-14H2/b31-18+,32-19+. The molecule has 0 fully saturated rings. The van der Waals surface area contributed by atoms with Gasteiger partial charge in [0.1, 0.15) is 23.1 Å². The first-order valence-electron chi connectivity index (χ1n) is 11.3. The van der Waals surface area contributed by atoms with Gasteiger partial charge in [0, 0.05) is 17.7 Å². The molecule has 3 aromatic carbocycles. The van der Waals surface area contributed by atoms with Gasteiger partial charge in [-0.25, -0.2) is 18.4 Å². The van der Waals surface area contributed by atoms with Crippen LogP contribution in [0.25, 0.3) is 0 Å². The molecule has 0 aliphatic heterocycles. The van der Waals surface area contributed by atoms with Gasteiger partial charge in [-0.1, -0.05) is 6.58 Å². The Bertz CT molecular complexity index is 1250. The zero-order chi connectivity index (χ0) is 26.5. The lowest BCUT2D eigenvalue weighted by Gasteiger charge is -2.08. The maximum atomic E-state index is 13.2. The van der Waals surface area contributed by atoms with E-state index < -0.39 is 23.6 Å². The number of carbonyl (C=O) groups is 2. The molecular formula is C28H24F2N2O5. The van der Waals surface area contributed by atoms with Crippen LogP contribution in [0.15, 0.2) is 89.6 Å². The van der Waals surface area contributed by atoms with Crippen molar-refractivity contribution in [3.63, 3.8) is 0 Å². The van der Waals surface area contributed by atoms with Gasteiger partial charge in [-0.05, 0) is 79.1 Å². The van der Waals surface area contributed by atoms with E-state index in [1.165, 1.54) is 12.4 Å². The maximum absolute atomic E-state index is 13.2. The normalized spacial score (nSPS) is 11.0. The summed E-state index contributed by atoms with van der Waals surface area (Å²) in [4.78, 5) is 23.4. The fraction of sp³-hybridized carbons (Fsp3) is 0.143. The van der Waals surface area contributed by atoms with E-state index in [4.69, 9.17) is 14.2 Å². The molecule has 0 saturated carbocycles. The van der Waals surface area contributed by atoms with Crippen LogP contribution in [0, 0.1) is 11.6 Å². The highest BCUT2D eigenvalue weighted by molar-refractivity contribution is 5.91. The lowest BCUT2D eigenvalue weighted by Crippen LogP contribution is -2.08. The lowest BCUT2D eigenvalue weighted by molar-refractivity contribution is -0.137. The first kappa shape index (κ1) is 26.9. The molecule has 0 bridgehead atoms. The third-order valence-electron chi connectivity index (χ3n) is 4.76. The van der Waals surface area contributed by atoms with Gasteiger partial charge in [-0.15, -0.1) is 0 Å². The summed E-state index contributed by atoms with van der Waals surface area (Å²) in [5.41, 5.74) is 1.29. The molecule has 190 valence electrons. The number of carbonyl (C=O) groups excluding carboxylic acids is 2. The van der Waals surface area contributed by atoms with Crippen LogP contribution >= 0.6 is 0 Å². The van der Waals surface area contributed by atoms with Crippen molar-refractivity contribution < 1.29 is 32.6 Å². The molecule has 0 atom stereocenters. The molecule has 0 aromatic heterocycles. The molecule has 0 aliphatic carbocycles. The van der Waals surface area contributed by atoms with E-state index in [-0.39, 0.29) is 5.56 Å². The number of rotatable bonds is 12. The number of ether oxygens (including phenoxy) is 3. The second kappa shape index (κ2) is 14.0. The minimum Gasteiger partial charge on any atom is -0.494 e. The SMILES string of the molecule is C=CC(=O)OCCCCOc1ccc(C(=O)Oc2ccc(/C=N/N=C/c3cc(F)cc(F)c3)cc2)cc1. The highest BCUT2D eigenvalue weighted by Crippen LogP contribution is 2.17. The second-order valence-corrected chi connectivity index (χ2v) is 7.60. The third-order valence-corrected chi connectivity index (χ3v) is 4.76. The van der Waals surface area contributed by atoms with Crippen LogP contribution in [0.3, 0.4) is 0 Å². The zero-order valence-electron chi connectivity index (χ0n) is 19.8. The number of unbranched alkanes of at least 4 members (excludes halogenated alkanes) is 1. The van der Waals surface area contributed by atoms with Crippen molar-refractivity contribution in [3.05, 3.63) is 108 Å². The molecule has 0 unspecified atom stereocenters. The number of benzene rings is 3. The summed E-state index contributed by atoms with van der Waals surface area (Å²) < 4.78 is 42.2. The highest BCUT2D eigenvalue weighted by atomic mass is 19.1. The molecule has 0 saturated heterocycles. The van der Waals surface area contributed by atoms with Gasteiger partial charge in [0.15, 0.2) is 0 Å². The van der Waals surface area contributed by atoms with Crippen LogP contribution in [0.5, 0.6) is 11.5 Å². The van der Waals surface area contributed by atoms with Gasteiger partial charge < -0.3 is 14.2 Å². The molecule has 3 rings (SSSR count). The average molecular weight is 507 g/mol. The van der Waals surface area contributed by atoms with Crippen LogP contribution in [0.1, 0.15) is 34.3 Å². The van der Waals surface area contributed by atoms with Crippen molar-refractivity contribution in [3.8, 4) is 11.5 Å². The summed E-state index contributed by atoms with van der Waals surface area (Å²) in [6.07, 6.45) is 5.17. The second-order valence-electron chi connectivity index (χ2n) is 7.60. The van der Waals surface area contributed by atoms with Crippen molar-refractivity contribution in [1.82, 2.24) is 0 Å². The molecule has 0 spiro atoms. The Kier molecular flexibility index (Phi) is 10.2. The molecule has 0 radical (unpaired) electrons. The number of hydrogen-bond acceptors (Lipinski definition) is 7. The predicted octanol–water partition coefficient (Wildman–Crippen LogP) is 5.53. The summed E-state index contributed by atoms with van der Waals surface area (Å²) in [6.45, 7) is 4.08. The fourth-order valence-corrected chi connectivity index (χ4v) is 2.95. The van der Waals surface area contributed by atoms with E-state index in [0.717, 1.165) is 24.3 Å². The van der Waals surface area contributed by atoms with Crippen LogP contribution in [0.4, 0.5) is 8.78 Å². The van der Waals surface area contributed by atoms with Gasteiger partial charge in [0.25, 0.3) is 0 Å². The van der Waals surface area contributed by atoms with Crippen LogP contribution in [-0.2, 0) is 9.53 Å². The maximum Gasteiger partial charge on any atom is 0.343 e. The van der Waals surface area contributed by atoms with Crippen LogP contribution < -0.4 is 9.47 Å². The van der Waals surface area contributed by atoms with Gasteiger partial charge in [-0.3, -0.25) is 0 Å². The van der Waals surface area contributed by atoms with Crippen molar-refractivity contribution in [2.24, 2.45) is 10.2 Å². The number of esters is 2. The summed E-state index contributed by atoms with van der Waals surface area (Å²) in [6, 6.07) is 16.2. The van der Waals surface area contributed by atoms with E-state index >= 15 is 0 Å². The minimum atomic E-state index is -0.697. The molecule has 0 heterocycles. The first-order valence-corrected chi connectivity index (χ1v) is 11.3. The minimum absolute atomic E-state index is 0.250. The Labute approximate surface area is 212 Å². The topological polar surface area (TPSA) is 86.5 Å². The Morgan fingerprint density at radius 1 is 0.784 bits per heavy atom. The average Bonchev–Trinajstić information content (AvgIpc) is 2.89.